The van der Waals surface area contributed by atoms with Crippen LogP contribution in [0.2, 0.25) is 0 Å². The largest absolute Gasteiger partial charge is 0.360 e. The van der Waals surface area contributed by atoms with Crippen LogP contribution in [-0.4, -0.2) is 42.8 Å². The Hall–Kier alpha value is -1.20. The lowest BCUT2D eigenvalue weighted by Crippen LogP contribution is -2.34. The summed E-state index contributed by atoms with van der Waals surface area (Å²) in [6.45, 7) is 1.16. The SMILES string of the molecule is COC1CN(C)C(=O)N1Cc1cccc(S)c1. The lowest BCUT2D eigenvalue weighted by molar-refractivity contribution is 0.0144. The van der Waals surface area contributed by atoms with Crippen molar-refractivity contribution in [3.8, 4) is 0 Å². The number of likely N-dealkylation sites (N-methyl/N-ethyl adjacent to an activating group) is 1. The van der Waals surface area contributed by atoms with Gasteiger partial charge in [0.1, 0.15) is 0 Å². The van der Waals surface area contributed by atoms with Crippen LogP contribution >= 0.6 is 12.6 Å². The number of nitrogens with zero attached hydrogens (tertiary/aromatic N) is 2. The molecule has 0 bridgehead atoms. The van der Waals surface area contributed by atoms with E-state index in [9.17, 15) is 4.79 Å². The molecule has 1 aromatic carbocycles. The quantitative estimate of drug-likeness (QED) is 0.832. The zero-order chi connectivity index (χ0) is 12.4. The fraction of sp³-hybridized carbons (Fsp3) is 0.417. The van der Waals surface area contributed by atoms with Crippen LogP contribution in [0.15, 0.2) is 29.2 Å². The third kappa shape index (κ3) is 2.56. The molecule has 92 valence electrons. The number of ether oxygens (including phenoxy) is 1. The number of benzene rings is 1. The lowest BCUT2D eigenvalue weighted by Gasteiger charge is -2.21. The highest BCUT2D eigenvalue weighted by molar-refractivity contribution is 7.80. The summed E-state index contributed by atoms with van der Waals surface area (Å²) in [4.78, 5) is 16.2. The average molecular weight is 252 g/mol. The van der Waals surface area contributed by atoms with Gasteiger partial charge in [-0.05, 0) is 17.7 Å². The van der Waals surface area contributed by atoms with E-state index < -0.39 is 0 Å². The molecule has 0 aliphatic carbocycles. The maximum absolute atomic E-state index is 11.9. The van der Waals surface area contributed by atoms with Crippen molar-refractivity contribution in [1.82, 2.24) is 9.80 Å². The molecule has 0 spiro atoms. The summed E-state index contributed by atoms with van der Waals surface area (Å²) in [7, 11) is 3.41. The summed E-state index contributed by atoms with van der Waals surface area (Å²) in [5, 5.41) is 0. The minimum absolute atomic E-state index is 0.00131. The van der Waals surface area contributed by atoms with Crippen LogP contribution in [-0.2, 0) is 11.3 Å². The van der Waals surface area contributed by atoms with Gasteiger partial charge in [0.25, 0.3) is 0 Å². The van der Waals surface area contributed by atoms with Crippen molar-refractivity contribution in [2.24, 2.45) is 0 Å². The average Bonchev–Trinajstić information content (AvgIpc) is 2.57. The summed E-state index contributed by atoms with van der Waals surface area (Å²) in [6, 6.07) is 7.79. The van der Waals surface area contributed by atoms with E-state index >= 15 is 0 Å². The van der Waals surface area contributed by atoms with Gasteiger partial charge in [-0.2, -0.15) is 0 Å². The monoisotopic (exact) mass is 252 g/mol. The van der Waals surface area contributed by atoms with Crippen molar-refractivity contribution in [3.63, 3.8) is 0 Å². The van der Waals surface area contributed by atoms with Gasteiger partial charge in [0.05, 0.1) is 13.1 Å². The first-order chi connectivity index (χ1) is 8.11. The normalized spacial score (nSPS) is 20.2. The van der Waals surface area contributed by atoms with Gasteiger partial charge in [0.2, 0.25) is 0 Å². The fourth-order valence-corrected chi connectivity index (χ4v) is 2.23. The van der Waals surface area contributed by atoms with E-state index in [2.05, 4.69) is 12.6 Å². The summed E-state index contributed by atoms with van der Waals surface area (Å²) in [5.74, 6) is 0. The molecule has 2 amide bonds. The lowest BCUT2D eigenvalue weighted by atomic mass is 10.2. The van der Waals surface area contributed by atoms with Crippen molar-refractivity contribution in [3.05, 3.63) is 29.8 Å². The highest BCUT2D eigenvalue weighted by Crippen LogP contribution is 2.19. The van der Waals surface area contributed by atoms with Crippen LogP contribution in [0.4, 0.5) is 4.79 Å². The van der Waals surface area contributed by atoms with Gasteiger partial charge in [-0.1, -0.05) is 12.1 Å². The van der Waals surface area contributed by atoms with E-state index in [0.717, 1.165) is 10.5 Å². The zero-order valence-electron chi connectivity index (χ0n) is 9.96. The maximum Gasteiger partial charge on any atom is 0.322 e. The van der Waals surface area contributed by atoms with Crippen LogP contribution in [0.1, 0.15) is 5.56 Å². The summed E-state index contributed by atoms with van der Waals surface area (Å²) in [6.07, 6.45) is -0.170. The number of hydrogen-bond donors (Lipinski definition) is 1. The Kier molecular flexibility index (Phi) is 3.59. The Morgan fingerprint density at radius 2 is 2.29 bits per heavy atom. The van der Waals surface area contributed by atoms with Crippen LogP contribution in [0.25, 0.3) is 0 Å². The molecule has 1 aliphatic heterocycles. The molecule has 1 aromatic rings. The number of carbonyl (C=O) groups excluding carboxylic acids is 1. The number of amides is 2. The van der Waals surface area contributed by atoms with Gasteiger partial charge in [0.15, 0.2) is 6.23 Å². The van der Waals surface area contributed by atoms with Crippen LogP contribution < -0.4 is 0 Å². The third-order valence-electron chi connectivity index (χ3n) is 2.89. The minimum atomic E-state index is -0.170. The number of methoxy groups -OCH3 is 1. The number of thiol groups is 1. The number of urea groups is 1. The molecule has 0 saturated carbocycles. The molecule has 0 N–H and O–H groups in total. The smallest absolute Gasteiger partial charge is 0.322 e. The second-order valence-corrected chi connectivity index (χ2v) is 4.67. The molecule has 1 heterocycles. The predicted molar refractivity (Wildman–Crippen MR) is 68.1 cm³/mol. The molecule has 4 nitrogen and oxygen atoms in total. The summed E-state index contributed by atoms with van der Waals surface area (Å²) in [5.41, 5.74) is 1.06. The third-order valence-corrected chi connectivity index (χ3v) is 3.16. The molecule has 1 atom stereocenters. The van der Waals surface area contributed by atoms with Gasteiger partial charge in [-0.3, -0.25) is 4.90 Å². The van der Waals surface area contributed by atoms with Gasteiger partial charge in [0, 0.05) is 19.1 Å². The first kappa shape index (κ1) is 12.3. The fourth-order valence-electron chi connectivity index (χ4n) is 1.98. The molecule has 0 radical (unpaired) electrons. The van der Waals surface area contributed by atoms with E-state index in [1.165, 1.54) is 0 Å². The maximum atomic E-state index is 11.9. The molecule has 1 unspecified atom stereocenters. The second kappa shape index (κ2) is 4.98. The molecule has 2 rings (SSSR count). The minimum Gasteiger partial charge on any atom is -0.360 e. The first-order valence-corrected chi connectivity index (χ1v) is 5.89. The molecule has 0 aromatic heterocycles. The molecule has 1 fully saturated rings. The molecule has 1 saturated heterocycles. The number of carbonyl (C=O) groups is 1. The van der Waals surface area contributed by atoms with Crippen molar-refractivity contribution in [1.29, 1.82) is 0 Å². The summed E-state index contributed by atoms with van der Waals surface area (Å²) >= 11 is 4.29. The number of hydrogen-bond acceptors (Lipinski definition) is 3. The molecular weight excluding hydrogens is 236 g/mol. The van der Waals surface area contributed by atoms with Crippen LogP contribution in [0.3, 0.4) is 0 Å². The second-order valence-electron chi connectivity index (χ2n) is 4.15. The standard InChI is InChI=1S/C12H16N2O2S/c1-13-8-11(16-2)14(12(13)15)7-9-4-3-5-10(17)6-9/h3-6,11,17H,7-8H2,1-2H3. The van der Waals surface area contributed by atoms with Crippen molar-refractivity contribution < 1.29 is 9.53 Å². The number of rotatable bonds is 3. The summed E-state index contributed by atoms with van der Waals surface area (Å²) < 4.78 is 5.31. The van der Waals surface area contributed by atoms with Gasteiger partial charge in [-0.25, -0.2) is 4.79 Å². The Labute approximate surface area is 107 Å². The van der Waals surface area contributed by atoms with Gasteiger partial charge >= 0.3 is 6.03 Å². The predicted octanol–water partition coefficient (Wildman–Crippen LogP) is 1.82. The molecule has 17 heavy (non-hydrogen) atoms. The zero-order valence-corrected chi connectivity index (χ0v) is 10.9. The van der Waals surface area contributed by atoms with E-state index in [1.54, 1.807) is 24.0 Å². The van der Waals surface area contributed by atoms with E-state index in [1.807, 2.05) is 24.3 Å². The highest BCUT2D eigenvalue weighted by Gasteiger charge is 2.34. The van der Waals surface area contributed by atoms with Crippen molar-refractivity contribution in [2.75, 3.05) is 20.7 Å². The van der Waals surface area contributed by atoms with E-state index in [-0.39, 0.29) is 12.3 Å². The van der Waals surface area contributed by atoms with Crippen molar-refractivity contribution in [2.45, 2.75) is 17.7 Å². The topological polar surface area (TPSA) is 32.8 Å². The molecular formula is C12H16N2O2S. The van der Waals surface area contributed by atoms with E-state index in [0.29, 0.717) is 13.1 Å². The Bertz CT molecular complexity index is 425. The Morgan fingerprint density at radius 3 is 2.94 bits per heavy atom. The van der Waals surface area contributed by atoms with Gasteiger partial charge < -0.3 is 9.64 Å². The molecule has 5 heteroatoms. The van der Waals surface area contributed by atoms with Crippen LogP contribution in [0, 0.1) is 0 Å². The highest BCUT2D eigenvalue weighted by atomic mass is 32.1. The van der Waals surface area contributed by atoms with E-state index in [4.69, 9.17) is 4.74 Å². The first-order valence-electron chi connectivity index (χ1n) is 5.44. The van der Waals surface area contributed by atoms with Crippen molar-refractivity contribution >= 4 is 18.7 Å². The van der Waals surface area contributed by atoms with Crippen LogP contribution in [0.5, 0.6) is 0 Å². The molecule has 1 aliphatic rings. The Balaban J connectivity index is 2.14. The van der Waals surface area contributed by atoms with Gasteiger partial charge in [-0.15, -0.1) is 12.6 Å². The Morgan fingerprint density at radius 1 is 1.53 bits per heavy atom.